The lowest BCUT2D eigenvalue weighted by molar-refractivity contribution is -0.114. The molecule has 0 fully saturated rings. The second-order valence-corrected chi connectivity index (χ2v) is 4.46. The molecular weight excluding hydrogens is 264 g/mol. The number of hydrogen-bond donors (Lipinski definition) is 0. The van der Waals surface area contributed by atoms with Crippen LogP contribution in [-0.4, -0.2) is 11.7 Å². The molecule has 0 aromatic heterocycles. The van der Waals surface area contributed by atoms with Crippen LogP contribution in [0.25, 0.3) is 0 Å². The van der Waals surface area contributed by atoms with E-state index in [4.69, 9.17) is 0 Å². The van der Waals surface area contributed by atoms with Crippen LogP contribution in [0.5, 0.6) is 0 Å². The first-order valence-electron chi connectivity index (χ1n) is 5.97. The smallest absolute Gasteiger partial charge is 0.297 e. The number of nitrogens with zero attached hydrogens (tertiary/aromatic N) is 1. The number of ketones is 1. The van der Waals surface area contributed by atoms with Crippen molar-refractivity contribution in [1.29, 1.82) is 0 Å². The topological polar surface area (TPSA) is 37.4 Å². The predicted octanol–water partition coefficient (Wildman–Crippen LogP) is 2.69. The van der Waals surface area contributed by atoms with Gasteiger partial charge >= 0.3 is 0 Å². The van der Waals surface area contributed by atoms with Gasteiger partial charge in [-0.25, -0.2) is 8.78 Å². The molecule has 1 heterocycles. The Morgan fingerprint density at radius 2 is 1.55 bits per heavy atom. The molecule has 0 saturated carbocycles. The minimum Gasteiger partial charge on any atom is -0.297 e. The summed E-state index contributed by atoms with van der Waals surface area (Å²) in [7, 11) is 0. The van der Waals surface area contributed by atoms with E-state index in [0.29, 0.717) is 0 Å². The molecule has 2 aromatic rings. The molecular formula is C15H9F2NO2. The Kier molecular flexibility index (Phi) is 2.82. The molecule has 0 atom stereocenters. The molecule has 0 aliphatic carbocycles. The van der Waals surface area contributed by atoms with Gasteiger partial charge in [0, 0.05) is 0 Å². The minimum atomic E-state index is -1.01. The van der Waals surface area contributed by atoms with Gasteiger partial charge in [-0.3, -0.25) is 14.5 Å². The van der Waals surface area contributed by atoms with Crippen molar-refractivity contribution in [3.8, 4) is 0 Å². The van der Waals surface area contributed by atoms with Crippen LogP contribution in [-0.2, 0) is 11.3 Å². The van der Waals surface area contributed by atoms with Gasteiger partial charge in [0.05, 0.1) is 17.8 Å². The normalized spacial score (nSPS) is 13.8. The second kappa shape index (κ2) is 4.52. The first-order valence-corrected chi connectivity index (χ1v) is 5.97. The van der Waals surface area contributed by atoms with Gasteiger partial charge in [-0.05, 0) is 17.7 Å². The van der Waals surface area contributed by atoms with E-state index in [-0.39, 0.29) is 12.2 Å². The fraction of sp³-hybridized carbons (Fsp3) is 0.0667. The van der Waals surface area contributed by atoms with Crippen LogP contribution in [0.1, 0.15) is 15.9 Å². The highest BCUT2D eigenvalue weighted by molar-refractivity contribution is 6.52. The summed E-state index contributed by atoms with van der Waals surface area (Å²) in [5.74, 6) is -3.58. The average molecular weight is 273 g/mol. The zero-order chi connectivity index (χ0) is 14.3. The summed E-state index contributed by atoms with van der Waals surface area (Å²) in [6.45, 7) is 0.0266. The third kappa shape index (κ3) is 1.79. The lowest BCUT2D eigenvalue weighted by Gasteiger charge is -2.17. The zero-order valence-electron chi connectivity index (χ0n) is 10.3. The highest BCUT2D eigenvalue weighted by atomic mass is 19.1. The van der Waals surface area contributed by atoms with Crippen molar-refractivity contribution in [2.45, 2.75) is 6.54 Å². The Bertz CT molecular complexity index is 713. The SMILES string of the molecule is O=C1C(=O)N(Cc2ccccc2)c2c(F)ccc(F)c21. The monoisotopic (exact) mass is 273 g/mol. The van der Waals surface area contributed by atoms with E-state index in [2.05, 4.69) is 0 Å². The van der Waals surface area contributed by atoms with E-state index in [0.717, 1.165) is 22.6 Å². The first kappa shape index (κ1) is 12.5. The van der Waals surface area contributed by atoms with Crippen molar-refractivity contribution in [2.75, 3.05) is 4.90 Å². The van der Waals surface area contributed by atoms with Gasteiger partial charge in [-0.1, -0.05) is 30.3 Å². The highest BCUT2D eigenvalue weighted by Gasteiger charge is 2.40. The third-order valence-electron chi connectivity index (χ3n) is 3.20. The summed E-state index contributed by atoms with van der Waals surface area (Å²) in [4.78, 5) is 24.7. The molecule has 100 valence electrons. The van der Waals surface area contributed by atoms with Crippen molar-refractivity contribution in [1.82, 2.24) is 0 Å². The Balaban J connectivity index is 2.09. The largest absolute Gasteiger partial charge is 0.299 e. The van der Waals surface area contributed by atoms with Crippen LogP contribution in [0.4, 0.5) is 14.5 Å². The van der Waals surface area contributed by atoms with Crippen molar-refractivity contribution < 1.29 is 18.4 Å². The minimum absolute atomic E-state index is 0.0266. The van der Waals surface area contributed by atoms with Crippen LogP contribution >= 0.6 is 0 Å². The highest BCUT2D eigenvalue weighted by Crippen LogP contribution is 2.34. The van der Waals surface area contributed by atoms with Crippen LogP contribution in [0.15, 0.2) is 42.5 Å². The van der Waals surface area contributed by atoms with Gasteiger partial charge < -0.3 is 0 Å². The van der Waals surface area contributed by atoms with Crippen molar-refractivity contribution in [3.63, 3.8) is 0 Å². The molecule has 2 aromatic carbocycles. The number of hydrogen-bond acceptors (Lipinski definition) is 2. The molecule has 1 aliphatic heterocycles. The number of benzene rings is 2. The van der Waals surface area contributed by atoms with Crippen LogP contribution in [0.3, 0.4) is 0 Å². The van der Waals surface area contributed by atoms with Gasteiger partial charge in [0.2, 0.25) is 0 Å². The van der Waals surface area contributed by atoms with Crippen molar-refractivity contribution >= 4 is 17.4 Å². The molecule has 0 saturated heterocycles. The molecule has 5 heteroatoms. The summed E-state index contributed by atoms with van der Waals surface area (Å²) >= 11 is 0. The summed E-state index contributed by atoms with van der Waals surface area (Å²) in [6, 6.07) is 10.6. The van der Waals surface area contributed by atoms with E-state index in [9.17, 15) is 18.4 Å². The molecule has 3 nitrogen and oxygen atoms in total. The molecule has 1 amide bonds. The predicted molar refractivity (Wildman–Crippen MR) is 68.3 cm³/mol. The zero-order valence-corrected chi connectivity index (χ0v) is 10.3. The van der Waals surface area contributed by atoms with E-state index in [1.807, 2.05) is 0 Å². The lowest BCUT2D eigenvalue weighted by atomic mass is 10.1. The van der Waals surface area contributed by atoms with E-state index >= 15 is 0 Å². The summed E-state index contributed by atoms with van der Waals surface area (Å²) < 4.78 is 27.5. The summed E-state index contributed by atoms with van der Waals surface area (Å²) in [5, 5.41) is 0. The number of anilines is 1. The van der Waals surface area contributed by atoms with E-state index in [1.54, 1.807) is 30.3 Å². The lowest BCUT2D eigenvalue weighted by Crippen LogP contribution is -2.29. The van der Waals surface area contributed by atoms with Gasteiger partial charge in [-0.2, -0.15) is 0 Å². The standard InChI is InChI=1S/C15H9F2NO2/c16-10-6-7-11(17)13-12(10)14(19)15(20)18(13)8-9-4-2-1-3-5-9/h1-7H,8H2. The van der Waals surface area contributed by atoms with E-state index in [1.165, 1.54) is 0 Å². The molecule has 0 spiro atoms. The van der Waals surface area contributed by atoms with Gasteiger partial charge in [0.15, 0.2) is 0 Å². The van der Waals surface area contributed by atoms with Crippen LogP contribution in [0, 0.1) is 11.6 Å². The number of amides is 1. The first-order chi connectivity index (χ1) is 9.59. The Hall–Kier alpha value is -2.56. The Labute approximate surface area is 113 Å². The summed E-state index contributed by atoms with van der Waals surface area (Å²) in [6.07, 6.45) is 0. The molecule has 20 heavy (non-hydrogen) atoms. The number of Topliss-reactive ketones (excluding diaryl/α,β-unsaturated/α-hetero) is 1. The summed E-state index contributed by atoms with van der Waals surface area (Å²) in [5.41, 5.74) is -0.0278. The fourth-order valence-corrected chi connectivity index (χ4v) is 2.27. The average Bonchev–Trinajstić information content (AvgIpc) is 2.70. The molecule has 1 aliphatic rings. The van der Waals surface area contributed by atoms with Crippen LogP contribution < -0.4 is 4.90 Å². The number of fused-ring (bicyclic) bond motifs is 1. The van der Waals surface area contributed by atoms with Crippen molar-refractivity contribution in [2.24, 2.45) is 0 Å². The molecule has 0 N–H and O–H groups in total. The van der Waals surface area contributed by atoms with Gasteiger partial charge in [0.1, 0.15) is 11.6 Å². The quantitative estimate of drug-likeness (QED) is 0.789. The van der Waals surface area contributed by atoms with Crippen LogP contribution in [0.2, 0.25) is 0 Å². The molecule has 0 unspecified atom stereocenters. The Morgan fingerprint density at radius 3 is 2.25 bits per heavy atom. The number of rotatable bonds is 2. The number of carbonyl (C=O) groups excluding carboxylic acids is 2. The van der Waals surface area contributed by atoms with Crippen molar-refractivity contribution in [3.05, 3.63) is 65.2 Å². The maximum Gasteiger partial charge on any atom is 0.299 e. The maximum absolute atomic E-state index is 13.9. The molecule has 0 bridgehead atoms. The van der Waals surface area contributed by atoms with Gasteiger partial charge in [-0.15, -0.1) is 0 Å². The molecule has 3 rings (SSSR count). The Morgan fingerprint density at radius 1 is 0.900 bits per heavy atom. The van der Waals surface area contributed by atoms with E-state index < -0.39 is 28.9 Å². The second-order valence-electron chi connectivity index (χ2n) is 4.46. The third-order valence-corrected chi connectivity index (χ3v) is 3.20. The molecule has 0 radical (unpaired) electrons. The fourth-order valence-electron chi connectivity index (χ4n) is 2.27. The number of halogens is 2. The van der Waals surface area contributed by atoms with Gasteiger partial charge in [0.25, 0.3) is 11.7 Å². The maximum atomic E-state index is 13.9. The number of carbonyl (C=O) groups is 2.